The second-order valence-corrected chi connectivity index (χ2v) is 7.38. The fraction of sp³-hybridized carbons (Fsp3) is 0.143. The lowest BCUT2D eigenvalue weighted by Gasteiger charge is -2.14. The Morgan fingerprint density at radius 1 is 1.20 bits per heavy atom. The molecule has 9 heteroatoms. The minimum absolute atomic E-state index is 0.0254. The van der Waals surface area contributed by atoms with Gasteiger partial charge in [-0.3, -0.25) is 14.9 Å². The zero-order valence-corrected chi connectivity index (χ0v) is 17.1. The second kappa shape index (κ2) is 9.75. The van der Waals surface area contributed by atoms with Gasteiger partial charge in [-0.2, -0.15) is 0 Å². The number of anilines is 3. The number of amides is 1. The Morgan fingerprint density at radius 3 is 2.63 bits per heavy atom. The van der Waals surface area contributed by atoms with Gasteiger partial charge in [0.2, 0.25) is 5.91 Å². The summed E-state index contributed by atoms with van der Waals surface area (Å²) in [6.07, 6.45) is 3.65. The quantitative estimate of drug-likeness (QED) is 0.269. The zero-order valence-electron chi connectivity index (χ0n) is 16.3. The van der Waals surface area contributed by atoms with Crippen LogP contribution in [-0.4, -0.2) is 22.1 Å². The molecule has 0 radical (unpaired) electrons. The molecule has 8 nitrogen and oxygen atoms in total. The molecule has 1 heterocycles. The molecule has 3 rings (SSSR count). The van der Waals surface area contributed by atoms with Crippen molar-refractivity contribution < 1.29 is 9.72 Å². The predicted octanol–water partition coefficient (Wildman–Crippen LogP) is 4.10. The fourth-order valence-corrected chi connectivity index (χ4v) is 3.25. The van der Waals surface area contributed by atoms with Crippen LogP contribution in [0.5, 0.6) is 0 Å². The van der Waals surface area contributed by atoms with Gasteiger partial charge in [0.1, 0.15) is 5.82 Å². The summed E-state index contributed by atoms with van der Waals surface area (Å²) in [7, 11) is 0. The third-order valence-corrected chi connectivity index (χ3v) is 5.06. The molecular weight excluding hydrogens is 402 g/mol. The van der Waals surface area contributed by atoms with Crippen molar-refractivity contribution in [3.05, 3.63) is 82.0 Å². The number of nitrogens with one attached hydrogen (secondary N) is 2. The number of thioether (sulfide) groups is 1. The minimum Gasteiger partial charge on any atom is -0.381 e. The van der Waals surface area contributed by atoms with Gasteiger partial charge in [-0.1, -0.05) is 12.1 Å². The third-order valence-electron chi connectivity index (χ3n) is 4.32. The lowest BCUT2D eigenvalue weighted by molar-refractivity contribution is -0.384. The minimum atomic E-state index is -0.469. The van der Waals surface area contributed by atoms with E-state index in [0.29, 0.717) is 23.6 Å². The molecule has 4 N–H and O–H groups in total. The molecule has 2 aromatic carbocycles. The highest BCUT2D eigenvalue weighted by Gasteiger charge is 2.10. The maximum Gasteiger partial charge on any atom is 0.269 e. The maximum atomic E-state index is 11.4. The lowest BCUT2D eigenvalue weighted by atomic mass is 10.1. The molecule has 0 atom stereocenters. The monoisotopic (exact) mass is 423 g/mol. The smallest absolute Gasteiger partial charge is 0.269 e. The molecule has 0 bridgehead atoms. The SMILES string of the molecule is CSc1ccc(Nc2cc(NCc3cccc([N+](=O)[O-])c3)c(CC(N)=O)cn2)cc1. The summed E-state index contributed by atoms with van der Waals surface area (Å²) in [6, 6.07) is 16.1. The van der Waals surface area contributed by atoms with Gasteiger partial charge in [0.15, 0.2) is 0 Å². The van der Waals surface area contributed by atoms with Gasteiger partial charge in [-0.05, 0) is 36.1 Å². The van der Waals surface area contributed by atoms with Crippen molar-refractivity contribution in [2.45, 2.75) is 17.9 Å². The van der Waals surface area contributed by atoms with E-state index in [-0.39, 0.29) is 12.1 Å². The summed E-state index contributed by atoms with van der Waals surface area (Å²) in [5.74, 6) is 0.130. The number of hydrogen-bond acceptors (Lipinski definition) is 7. The van der Waals surface area contributed by atoms with Gasteiger partial charge in [-0.15, -0.1) is 11.8 Å². The van der Waals surface area contributed by atoms with E-state index in [2.05, 4.69) is 15.6 Å². The maximum absolute atomic E-state index is 11.4. The third kappa shape index (κ3) is 5.71. The van der Waals surface area contributed by atoms with E-state index in [4.69, 9.17) is 5.73 Å². The van der Waals surface area contributed by atoms with Crippen molar-refractivity contribution >= 4 is 40.5 Å². The van der Waals surface area contributed by atoms with E-state index < -0.39 is 10.8 Å². The number of aromatic nitrogens is 1. The summed E-state index contributed by atoms with van der Waals surface area (Å²) in [5.41, 5.74) is 8.34. The van der Waals surface area contributed by atoms with Crippen molar-refractivity contribution in [3.63, 3.8) is 0 Å². The highest BCUT2D eigenvalue weighted by Crippen LogP contribution is 2.25. The predicted molar refractivity (Wildman–Crippen MR) is 119 cm³/mol. The highest BCUT2D eigenvalue weighted by atomic mass is 32.2. The van der Waals surface area contributed by atoms with Crippen molar-refractivity contribution in [1.82, 2.24) is 4.98 Å². The molecule has 0 saturated carbocycles. The van der Waals surface area contributed by atoms with Crippen LogP contribution in [0.15, 0.2) is 65.7 Å². The topological polar surface area (TPSA) is 123 Å². The molecule has 0 aliphatic rings. The first-order valence-electron chi connectivity index (χ1n) is 9.10. The van der Waals surface area contributed by atoms with E-state index in [1.165, 1.54) is 12.1 Å². The molecule has 0 spiro atoms. The second-order valence-electron chi connectivity index (χ2n) is 6.50. The van der Waals surface area contributed by atoms with Crippen molar-refractivity contribution in [2.24, 2.45) is 5.73 Å². The van der Waals surface area contributed by atoms with Gasteiger partial charge in [-0.25, -0.2) is 4.98 Å². The normalized spacial score (nSPS) is 10.4. The van der Waals surface area contributed by atoms with E-state index in [1.54, 1.807) is 36.2 Å². The molecular formula is C21H21N5O3S. The van der Waals surface area contributed by atoms with Gasteiger partial charge in [0.05, 0.1) is 11.3 Å². The van der Waals surface area contributed by atoms with Gasteiger partial charge in [0, 0.05) is 52.8 Å². The first-order chi connectivity index (χ1) is 14.4. The number of primary amides is 1. The number of carbonyl (C=O) groups is 1. The van der Waals surface area contributed by atoms with E-state index in [0.717, 1.165) is 16.1 Å². The number of non-ortho nitro benzene ring substituents is 1. The zero-order chi connectivity index (χ0) is 21.5. The first-order valence-corrected chi connectivity index (χ1v) is 10.3. The highest BCUT2D eigenvalue weighted by molar-refractivity contribution is 7.98. The van der Waals surface area contributed by atoms with Crippen LogP contribution < -0.4 is 16.4 Å². The van der Waals surface area contributed by atoms with Crippen LogP contribution in [-0.2, 0) is 17.8 Å². The Kier molecular flexibility index (Phi) is 6.87. The average molecular weight is 423 g/mol. The fourth-order valence-electron chi connectivity index (χ4n) is 2.84. The van der Waals surface area contributed by atoms with Crippen molar-refractivity contribution in [2.75, 3.05) is 16.9 Å². The van der Waals surface area contributed by atoms with Crippen LogP contribution in [0.2, 0.25) is 0 Å². The molecule has 30 heavy (non-hydrogen) atoms. The first kappa shape index (κ1) is 21.1. The summed E-state index contributed by atoms with van der Waals surface area (Å²) >= 11 is 1.66. The number of hydrogen-bond donors (Lipinski definition) is 3. The van der Waals surface area contributed by atoms with E-state index >= 15 is 0 Å². The Hall–Kier alpha value is -3.59. The molecule has 0 aliphatic carbocycles. The summed E-state index contributed by atoms with van der Waals surface area (Å²) < 4.78 is 0. The summed E-state index contributed by atoms with van der Waals surface area (Å²) in [4.78, 5) is 27.5. The Balaban J connectivity index is 1.80. The standard InChI is InChI=1S/C21H21N5O3S/c1-30-18-7-5-16(6-8-18)25-21-11-19(15(13-24-21)10-20(22)27)23-12-14-3-2-4-17(9-14)26(28)29/h2-9,11,13H,10,12H2,1H3,(H2,22,27)(H2,23,24,25). The van der Waals surface area contributed by atoms with E-state index in [9.17, 15) is 14.9 Å². The number of nitro groups is 1. The number of nitro benzene ring substituents is 1. The van der Waals surface area contributed by atoms with E-state index in [1.807, 2.05) is 30.5 Å². The van der Waals surface area contributed by atoms with Crippen molar-refractivity contribution in [3.8, 4) is 0 Å². The molecule has 1 aromatic heterocycles. The van der Waals surface area contributed by atoms with Gasteiger partial charge >= 0.3 is 0 Å². The molecule has 1 amide bonds. The molecule has 0 fully saturated rings. The molecule has 0 aliphatic heterocycles. The van der Waals surface area contributed by atoms with Crippen molar-refractivity contribution in [1.29, 1.82) is 0 Å². The Labute approximate surface area is 178 Å². The number of pyridine rings is 1. The van der Waals surface area contributed by atoms with Crippen LogP contribution in [0.25, 0.3) is 0 Å². The largest absolute Gasteiger partial charge is 0.381 e. The van der Waals surface area contributed by atoms with Crippen LogP contribution >= 0.6 is 11.8 Å². The molecule has 3 aromatic rings. The average Bonchev–Trinajstić information content (AvgIpc) is 2.74. The summed E-state index contributed by atoms with van der Waals surface area (Å²) in [6.45, 7) is 0.347. The van der Waals surface area contributed by atoms with Gasteiger partial charge < -0.3 is 16.4 Å². The number of benzene rings is 2. The molecule has 0 unspecified atom stereocenters. The van der Waals surface area contributed by atoms with Crippen LogP contribution in [0.1, 0.15) is 11.1 Å². The van der Waals surface area contributed by atoms with Gasteiger partial charge in [0.25, 0.3) is 5.69 Å². The Morgan fingerprint density at radius 2 is 1.97 bits per heavy atom. The van der Waals surface area contributed by atoms with Crippen LogP contribution in [0, 0.1) is 10.1 Å². The Bertz CT molecular complexity index is 1060. The summed E-state index contributed by atoms with van der Waals surface area (Å²) in [5, 5.41) is 17.4. The molecule has 0 saturated heterocycles. The lowest BCUT2D eigenvalue weighted by Crippen LogP contribution is -2.15. The van der Waals surface area contributed by atoms with Crippen LogP contribution in [0.3, 0.4) is 0 Å². The number of rotatable bonds is 9. The number of carbonyl (C=O) groups excluding carboxylic acids is 1. The molecule has 154 valence electrons. The number of nitrogens with zero attached hydrogens (tertiary/aromatic N) is 2. The number of nitrogens with two attached hydrogens (primary N) is 1. The van der Waals surface area contributed by atoms with Crippen LogP contribution in [0.4, 0.5) is 22.9 Å².